The lowest BCUT2D eigenvalue weighted by molar-refractivity contribution is -0.119. The Hall–Kier alpha value is -1.69. The number of nitrogens with zero attached hydrogens (tertiary/aromatic N) is 1. The van der Waals surface area contributed by atoms with Gasteiger partial charge in [-0.1, -0.05) is 0 Å². The fourth-order valence-corrected chi connectivity index (χ4v) is 3.43. The van der Waals surface area contributed by atoms with Gasteiger partial charge in [-0.2, -0.15) is 8.78 Å². The number of aryl methyl sites for hydroxylation is 1. The summed E-state index contributed by atoms with van der Waals surface area (Å²) in [5.74, 6) is 0.871. The number of hydrogen-bond donors (Lipinski definition) is 1. The fourth-order valence-electron chi connectivity index (χ4n) is 3.43. The summed E-state index contributed by atoms with van der Waals surface area (Å²) in [4.78, 5) is 14.3. The average Bonchev–Trinajstić information content (AvgIpc) is 3.04. The van der Waals surface area contributed by atoms with Crippen LogP contribution in [-0.4, -0.2) is 32.2 Å². The maximum Gasteiger partial charge on any atom is 0.387 e. The molecule has 1 saturated heterocycles. The van der Waals surface area contributed by atoms with Gasteiger partial charge in [0.05, 0.1) is 0 Å². The zero-order chi connectivity index (χ0) is 16.2. The van der Waals surface area contributed by atoms with E-state index >= 15 is 0 Å². The monoisotopic (exact) mass is 324 g/mol. The van der Waals surface area contributed by atoms with E-state index in [1.54, 1.807) is 17.0 Å². The molecule has 1 unspecified atom stereocenters. The Balaban J connectivity index is 1.66. The molecule has 0 saturated carbocycles. The molecule has 1 amide bonds. The normalized spacial score (nSPS) is 20.7. The molecular formula is C17H22F2N2O2. The van der Waals surface area contributed by atoms with Crippen molar-refractivity contribution in [3.8, 4) is 5.75 Å². The first-order valence-electron chi connectivity index (χ1n) is 8.22. The summed E-state index contributed by atoms with van der Waals surface area (Å²) in [6.45, 7) is -0.0882. The molecule has 2 aliphatic rings. The predicted octanol–water partition coefficient (Wildman–Crippen LogP) is 2.96. The van der Waals surface area contributed by atoms with E-state index in [0.717, 1.165) is 50.0 Å². The van der Waals surface area contributed by atoms with Crippen LogP contribution in [0, 0.1) is 5.92 Å². The zero-order valence-corrected chi connectivity index (χ0v) is 13.1. The van der Waals surface area contributed by atoms with Gasteiger partial charge in [0.2, 0.25) is 5.91 Å². The number of ether oxygens (including phenoxy) is 1. The smallest absolute Gasteiger partial charge is 0.387 e. The molecule has 0 aromatic heterocycles. The molecular weight excluding hydrogens is 302 g/mol. The number of fused-ring (bicyclic) bond motifs is 1. The zero-order valence-electron chi connectivity index (χ0n) is 13.1. The molecule has 0 spiro atoms. The molecule has 2 aliphatic heterocycles. The van der Waals surface area contributed by atoms with Crippen LogP contribution in [0.4, 0.5) is 14.5 Å². The van der Waals surface area contributed by atoms with Crippen molar-refractivity contribution in [3.05, 3.63) is 23.8 Å². The largest absolute Gasteiger partial charge is 0.435 e. The van der Waals surface area contributed by atoms with E-state index in [1.807, 2.05) is 0 Å². The van der Waals surface area contributed by atoms with Gasteiger partial charge < -0.3 is 15.0 Å². The van der Waals surface area contributed by atoms with E-state index in [9.17, 15) is 13.6 Å². The number of nitrogens with one attached hydrogen (secondary N) is 1. The number of alkyl halides is 2. The molecule has 1 atom stereocenters. The molecule has 4 nitrogen and oxygen atoms in total. The maximum atomic E-state index is 12.5. The highest BCUT2D eigenvalue weighted by Crippen LogP contribution is 2.32. The van der Waals surface area contributed by atoms with Crippen LogP contribution in [0.5, 0.6) is 5.75 Å². The molecule has 126 valence electrons. The van der Waals surface area contributed by atoms with Gasteiger partial charge in [0.15, 0.2) is 0 Å². The molecule has 0 radical (unpaired) electrons. The standard InChI is InChI=1S/C17H22F2N2O2/c18-17(19)23-14-4-5-15-13(10-14)2-1-9-21(15)16(22)6-3-12-7-8-20-11-12/h4-5,10,12,17,20H,1-3,6-9,11H2. The van der Waals surface area contributed by atoms with E-state index in [0.29, 0.717) is 18.9 Å². The lowest BCUT2D eigenvalue weighted by Crippen LogP contribution is -2.35. The second kappa shape index (κ2) is 7.25. The maximum absolute atomic E-state index is 12.5. The van der Waals surface area contributed by atoms with Gasteiger partial charge in [-0.3, -0.25) is 4.79 Å². The van der Waals surface area contributed by atoms with Crippen LogP contribution in [0.3, 0.4) is 0 Å². The van der Waals surface area contributed by atoms with Crippen molar-refractivity contribution in [1.82, 2.24) is 5.32 Å². The quantitative estimate of drug-likeness (QED) is 0.905. The molecule has 0 bridgehead atoms. The second-order valence-electron chi connectivity index (χ2n) is 6.22. The van der Waals surface area contributed by atoms with Gasteiger partial charge in [0.1, 0.15) is 5.75 Å². The Morgan fingerprint density at radius 3 is 3.04 bits per heavy atom. The van der Waals surface area contributed by atoms with Gasteiger partial charge in [-0.25, -0.2) is 0 Å². The van der Waals surface area contributed by atoms with Crippen molar-refractivity contribution in [2.75, 3.05) is 24.5 Å². The average molecular weight is 324 g/mol. The molecule has 23 heavy (non-hydrogen) atoms. The summed E-state index contributed by atoms with van der Waals surface area (Å²) in [6.07, 6.45) is 4.22. The Bertz CT molecular complexity index is 560. The second-order valence-corrected chi connectivity index (χ2v) is 6.22. The number of carbonyl (C=O) groups excluding carboxylic acids is 1. The first-order chi connectivity index (χ1) is 11.1. The van der Waals surface area contributed by atoms with Crippen LogP contribution < -0.4 is 15.0 Å². The molecule has 2 heterocycles. The van der Waals surface area contributed by atoms with Crippen molar-refractivity contribution in [1.29, 1.82) is 0 Å². The number of benzene rings is 1. The van der Waals surface area contributed by atoms with Crippen LogP contribution in [0.15, 0.2) is 18.2 Å². The van der Waals surface area contributed by atoms with Crippen LogP contribution in [0.1, 0.15) is 31.2 Å². The van der Waals surface area contributed by atoms with E-state index in [-0.39, 0.29) is 11.7 Å². The fraction of sp³-hybridized carbons (Fsp3) is 0.588. The van der Waals surface area contributed by atoms with Crippen molar-refractivity contribution in [3.63, 3.8) is 0 Å². The Kier molecular flexibility index (Phi) is 5.10. The van der Waals surface area contributed by atoms with E-state index in [2.05, 4.69) is 10.1 Å². The third-order valence-corrected chi connectivity index (χ3v) is 4.62. The predicted molar refractivity (Wildman–Crippen MR) is 84.0 cm³/mol. The van der Waals surface area contributed by atoms with Gasteiger partial charge >= 0.3 is 6.61 Å². The summed E-state index contributed by atoms with van der Waals surface area (Å²) in [5, 5.41) is 3.31. The Morgan fingerprint density at radius 2 is 2.30 bits per heavy atom. The van der Waals surface area contributed by atoms with Crippen LogP contribution >= 0.6 is 0 Å². The number of halogens is 2. The number of carbonyl (C=O) groups is 1. The van der Waals surface area contributed by atoms with Crippen molar-refractivity contribution < 1.29 is 18.3 Å². The summed E-state index contributed by atoms with van der Waals surface area (Å²) >= 11 is 0. The highest BCUT2D eigenvalue weighted by Gasteiger charge is 2.24. The van der Waals surface area contributed by atoms with Gasteiger partial charge in [-0.05, 0) is 68.5 Å². The molecule has 3 rings (SSSR count). The number of rotatable bonds is 5. The van der Waals surface area contributed by atoms with E-state index in [4.69, 9.17) is 0 Å². The minimum atomic E-state index is -2.82. The van der Waals surface area contributed by atoms with Gasteiger partial charge in [0.25, 0.3) is 0 Å². The summed E-state index contributed by atoms with van der Waals surface area (Å²) in [6, 6.07) is 4.86. The van der Waals surface area contributed by atoms with E-state index in [1.165, 1.54) is 6.07 Å². The summed E-state index contributed by atoms with van der Waals surface area (Å²) in [7, 11) is 0. The molecule has 1 fully saturated rings. The first-order valence-corrected chi connectivity index (χ1v) is 8.22. The minimum Gasteiger partial charge on any atom is -0.435 e. The van der Waals surface area contributed by atoms with Crippen LogP contribution in [-0.2, 0) is 11.2 Å². The van der Waals surface area contributed by atoms with Gasteiger partial charge in [0, 0.05) is 18.7 Å². The Morgan fingerprint density at radius 1 is 1.43 bits per heavy atom. The van der Waals surface area contributed by atoms with Gasteiger partial charge in [-0.15, -0.1) is 0 Å². The molecule has 0 aliphatic carbocycles. The van der Waals surface area contributed by atoms with E-state index < -0.39 is 6.61 Å². The topological polar surface area (TPSA) is 41.6 Å². The molecule has 6 heteroatoms. The van der Waals surface area contributed by atoms with Crippen molar-refractivity contribution >= 4 is 11.6 Å². The molecule has 1 aromatic carbocycles. The minimum absolute atomic E-state index is 0.125. The summed E-state index contributed by atoms with van der Waals surface area (Å²) in [5.41, 5.74) is 1.75. The highest BCUT2D eigenvalue weighted by molar-refractivity contribution is 5.94. The van der Waals surface area contributed by atoms with Crippen LogP contribution in [0.25, 0.3) is 0 Å². The highest BCUT2D eigenvalue weighted by atomic mass is 19.3. The third kappa shape index (κ3) is 3.99. The first kappa shape index (κ1) is 16.2. The van der Waals surface area contributed by atoms with Crippen LogP contribution in [0.2, 0.25) is 0 Å². The third-order valence-electron chi connectivity index (χ3n) is 4.62. The lowest BCUT2D eigenvalue weighted by Gasteiger charge is -2.30. The lowest BCUT2D eigenvalue weighted by atomic mass is 9.99. The number of amides is 1. The SMILES string of the molecule is O=C(CCC1CCNC1)N1CCCc2cc(OC(F)F)ccc21. The van der Waals surface area contributed by atoms with Crippen molar-refractivity contribution in [2.45, 2.75) is 38.7 Å². The molecule has 1 aromatic rings. The number of anilines is 1. The number of hydrogen-bond acceptors (Lipinski definition) is 3. The van der Waals surface area contributed by atoms with Crippen molar-refractivity contribution in [2.24, 2.45) is 5.92 Å². The molecule has 1 N–H and O–H groups in total. The summed E-state index contributed by atoms with van der Waals surface area (Å²) < 4.78 is 29.1. The Labute approximate surface area is 134 Å².